The molecule has 4 heteroatoms. The third-order valence-electron chi connectivity index (χ3n) is 3.68. The average molecular weight is 311 g/mol. The van der Waals surface area contributed by atoms with Crippen LogP contribution < -0.4 is 5.32 Å². The third-order valence-corrected chi connectivity index (χ3v) is 3.91. The SMILES string of the molecule is CCCNc1ccc(Cl)cc1C(=O)N(CC)CC(C)CC. The number of carbonyl (C=O) groups excluding carboxylic acids is 1. The van der Waals surface area contributed by atoms with Crippen molar-refractivity contribution in [2.75, 3.05) is 25.0 Å². The molecule has 0 saturated carbocycles. The van der Waals surface area contributed by atoms with Gasteiger partial charge in [-0.25, -0.2) is 0 Å². The molecule has 0 aliphatic heterocycles. The van der Waals surface area contributed by atoms with E-state index in [1.807, 2.05) is 24.0 Å². The number of rotatable bonds is 8. The minimum absolute atomic E-state index is 0.0545. The van der Waals surface area contributed by atoms with Gasteiger partial charge in [-0.05, 0) is 37.5 Å². The number of benzene rings is 1. The summed E-state index contributed by atoms with van der Waals surface area (Å²) in [5.41, 5.74) is 1.54. The zero-order valence-electron chi connectivity index (χ0n) is 13.6. The maximum Gasteiger partial charge on any atom is 0.256 e. The van der Waals surface area contributed by atoms with Crippen LogP contribution in [-0.4, -0.2) is 30.4 Å². The van der Waals surface area contributed by atoms with Crippen molar-refractivity contribution in [3.63, 3.8) is 0 Å². The molecule has 0 aliphatic rings. The fourth-order valence-corrected chi connectivity index (χ4v) is 2.31. The van der Waals surface area contributed by atoms with E-state index in [0.717, 1.165) is 31.6 Å². The van der Waals surface area contributed by atoms with Crippen LogP contribution in [0.1, 0.15) is 50.9 Å². The topological polar surface area (TPSA) is 32.3 Å². The lowest BCUT2D eigenvalue weighted by atomic mass is 10.1. The molecule has 1 aromatic rings. The van der Waals surface area contributed by atoms with E-state index in [9.17, 15) is 4.79 Å². The van der Waals surface area contributed by atoms with Crippen LogP contribution in [0.15, 0.2) is 18.2 Å². The van der Waals surface area contributed by atoms with Gasteiger partial charge in [-0.15, -0.1) is 0 Å². The standard InChI is InChI=1S/C17H27ClN2O/c1-5-10-19-16-9-8-14(18)11-15(16)17(21)20(7-3)12-13(4)6-2/h8-9,11,13,19H,5-7,10,12H2,1-4H3. The minimum Gasteiger partial charge on any atom is -0.384 e. The quantitative estimate of drug-likeness (QED) is 0.756. The van der Waals surface area contributed by atoms with Gasteiger partial charge in [0.25, 0.3) is 5.91 Å². The minimum atomic E-state index is 0.0545. The molecule has 1 amide bonds. The summed E-state index contributed by atoms with van der Waals surface area (Å²) in [6.07, 6.45) is 2.08. The smallest absolute Gasteiger partial charge is 0.256 e. The lowest BCUT2D eigenvalue weighted by Crippen LogP contribution is -2.35. The number of carbonyl (C=O) groups is 1. The highest BCUT2D eigenvalue weighted by molar-refractivity contribution is 6.31. The number of hydrogen-bond donors (Lipinski definition) is 1. The van der Waals surface area contributed by atoms with E-state index in [-0.39, 0.29) is 5.91 Å². The van der Waals surface area contributed by atoms with Crippen LogP contribution >= 0.6 is 11.6 Å². The van der Waals surface area contributed by atoms with Gasteiger partial charge in [0.1, 0.15) is 0 Å². The van der Waals surface area contributed by atoms with Crippen molar-refractivity contribution in [3.05, 3.63) is 28.8 Å². The zero-order chi connectivity index (χ0) is 15.8. The Hall–Kier alpha value is -1.22. The van der Waals surface area contributed by atoms with Crippen LogP contribution in [0.2, 0.25) is 5.02 Å². The second-order valence-corrected chi connectivity index (χ2v) is 5.91. The highest BCUT2D eigenvalue weighted by Crippen LogP contribution is 2.23. The van der Waals surface area contributed by atoms with Crippen molar-refractivity contribution < 1.29 is 4.79 Å². The monoisotopic (exact) mass is 310 g/mol. The molecule has 118 valence electrons. The largest absolute Gasteiger partial charge is 0.384 e. The number of nitrogens with zero attached hydrogens (tertiary/aromatic N) is 1. The molecule has 0 aromatic heterocycles. The Morgan fingerprint density at radius 2 is 2.05 bits per heavy atom. The highest BCUT2D eigenvalue weighted by atomic mass is 35.5. The van der Waals surface area contributed by atoms with Crippen LogP contribution in [-0.2, 0) is 0 Å². The normalized spacial score (nSPS) is 12.0. The van der Waals surface area contributed by atoms with E-state index in [0.29, 0.717) is 23.0 Å². The van der Waals surface area contributed by atoms with Gasteiger partial charge in [-0.1, -0.05) is 38.8 Å². The summed E-state index contributed by atoms with van der Waals surface area (Å²) >= 11 is 6.08. The van der Waals surface area contributed by atoms with E-state index >= 15 is 0 Å². The first-order chi connectivity index (χ1) is 10.0. The summed E-state index contributed by atoms with van der Waals surface area (Å²) in [7, 11) is 0. The van der Waals surface area contributed by atoms with Crippen LogP contribution in [0.3, 0.4) is 0 Å². The molecule has 3 nitrogen and oxygen atoms in total. The van der Waals surface area contributed by atoms with Crippen LogP contribution in [0.4, 0.5) is 5.69 Å². The van der Waals surface area contributed by atoms with Crippen molar-refractivity contribution in [1.29, 1.82) is 0 Å². The molecule has 1 rings (SSSR count). The van der Waals surface area contributed by atoms with Crippen molar-refractivity contribution in [3.8, 4) is 0 Å². The van der Waals surface area contributed by atoms with Crippen LogP contribution in [0.25, 0.3) is 0 Å². The van der Waals surface area contributed by atoms with E-state index in [1.165, 1.54) is 0 Å². The Labute approximate surface area is 133 Å². The maximum absolute atomic E-state index is 12.8. The summed E-state index contributed by atoms with van der Waals surface area (Å²) in [5, 5.41) is 3.91. The average Bonchev–Trinajstić information content (AvgIpc) is 2.50. The summed E-state index contributed by atoms with van der Waals surface area (Å²) in [6.45, 7) is 10.8. The molecule has 0 spiro atoms. The van der Waals surface area contributed by atoms with Crippen LogP contribution in [0.5, 0.6) is 0 Å². The van der Waals surface area contributed by atoms with Crippen molar-refractivity contribution in [1.82, 2.24) is 4.90 Å². The van der Waals surface area contributed by atoms with Gasteiger partial charge in [0.2, 0.25) is 0 Å². The maximum atomic E-state index is 12.8. The molecule has 1 aromatic carbocycles. The summed E-state index contributed by atoms with van der Waals surface area (Å²) in [6, 6.07) is 5.48. The van der Waals surface area contributed by atoms with Gasteiger partial charge in [0.15, 0.2) is 0 Å². The van der Waals surface area contributed by atoms with E-state index in [4.69, 9.17) is 11.6 Å². The Morgan fingerprint density at radius 1 is 1.33 bits per heavy atom. The first kappa shape index (κ1) is 17.8. The second kappa shape index (κ2) is 8.93. The molecule has 0 saturated heterocycles. The van der Waals surface area contributed by atoms with E-state index < -0.39 is 0 Å². The predicted molar refractivity (Wildman–Crippen MR) is 91.3 cm³/mol. The fourth-order valence-electron chi connectivity index (χ4n) is 2.14. The molecule has 0 aliphatic carbocycles. The summed E-state index contributed by atoms with van der Waals surface area (Å²) in [5.74, 6) is 0.555. The molecule has 21 heavy (non-hydrogen) atoms. The molecule has 1 N–H and O–H groups in total. The van der Waals surface area contributed by atoms with Crippen molar-refractivity contribution >= 4 is 23.2 Å². The molecule has 0 fully saturated rings. The molecule has 1 unspecified atom stereocenters. The fraction of sp³-hybridized carbons (Fsp3) is 0.588. The van der Waals surface area contributed by atoms with Gasteiger partial charge >= 0.3 is 0 Å². The summed E-state index contributed by atoms with van der Waals surface area (Å²) < 4.78 is 0. The zero-order valence-corrected chi connectivity index (χ0v) is 14.3. The Bertz CT molecular complexity index is 462. The Kier molecular flexibility index (Phi) is 7.58. The van der Waals surface area contributed by atoms with E-state index in [1.54, 1.807) is 6.07 Å². The van der Waals surface area contributed by atoms with Gasteiger partial charge in [0, 0.05) is 30.3 Å². The summed E-state index contributed by atoms with van der Waals surface area (Å²) in [4.78, 5) is 14.7. The Morgan fingerprint density at radius 3 is 2.62 bits per heavy atom. The molecular weight excluding hydrogens is 284 g/mol. The van der Waals surface area contributed by atoms with E-state index in [2.05, 4.69) is 26.1 Å². The molecular formula is C17H27ClN2O. The molecule has 0 radical (unpaired) electrons. The predicted octanol–water partition coefficient (Wildman–Crippen LogP) is 4.67. The second-order valence-electron chi connectivity index (χ2n) is 5.47. The Balaban J connectivity index is 2.99. The van der Waals surface area contributed by atoms with Crippen molar-refractivity contribution in [2.45, 2.75) is 40.5 Å². The number of hydrogen-bond acceptors (Lipinski definition) is 2. The molecule has 0 heterocycles. The third kappa shape index (κ3) is 5.24. The number of halogens is 1. The lowest BCUT2D eigenvalue weighted by molar-refractivity contribution is 0.0742. The van der Waals surface area contributed by atoms with Crippen LogP contribution in [0, 0.1) is 5.92 Å². The van der Waals surface area contributed by atoms with Gasteiger partial charge < -0.3 is 10.2 Å². The number of amides is 1. The van der Waals surface area contributed by atoms with Gasteiger partial charge in [0.05, 0.1) is 5.56 Å². The van der Waals surface area contributed by atoms with Gasteiger partial charge in [-0.2, -0.15) is 0 Å². The van der Waals surface area contributed by atoms with Crippen molar-refractivity contribution in [2.24, 2.45) is 5.92 Å². The van der Waals surface area contributed by atoms with Gasteiger partial charge in [-0.3, -0.25) is 4.79 Å². The molecule has 1 atom stereocenters. The first-order valence-electron chi connectivity index (χ1n) is 7.86. The molecule has 0 bridgehead atoms. The number of nitrogens with one attached hydrogen (secondary N) is 1. The highest BCUT2D eigenvalue weighted by Gasteiger charge is 2.19. The first-order valence-corrected chi connectivity index (χ1v) is 8.23. The number of anilines is 1. The lowest BCUT2D eigenvalue weighted by Gasteiger charge is -2.25.